The molecule has 0 saturated heterocycles. The summed E-state index contributed by atoms with van der Waals surface area (Å²) in [5.41, 5.74) is 10.9. The average molecular weight is 1030 g/mol. The van der Waals surface area contributed by atoms with E-state index in [0.717, 1.165) is 61.0 Å². The van der Waals surface area contributed by atoms with Gasteiger partial charge in [0.2, 0.25) is 0 Å². The van der Waals surface area contributed by atoms with Crippen LogP contribution in [-0.2, 0) is 54.0 Å². The minimum Gasteiger partial charge on any atom is -0.508 e. The van der Waals surface area contributed by atoms with E-state index in [0.29, 0.717) is 28.5 Å². The number of benzene rings is 5. The Kier molecular flexibility index (Phi) is 10.4. The molecular formula is C58H63N3O2Pt. The van der Waals surface area contributed by atoms with E-state index in [9.17, 15) is 2.74 Å². The maximum Gasteiger partial charge on any atom is 2.00 e. The molecule has 0 spiro atoms. The minimum atomic E-state index is -1.80. The molecule has 0 amide bonds. The average Bonchev–Trinajstić information content (AvgIpc) is 3.75. The molecule has 0 unspecified atom stereocenters. The first-order valence-corrected chi connectivity index (χ1v) is 22.5. The Balaban J connectivity index is 0.00000592. The summed E-state index contributed by atoms with van der Waals surface area (Å²) >= 11 is 0. The van der Waals surface area contributed by atoms with Crippen molar-refractivity contribution in [3.8, 4) is 28.3 Å². The molecule has 2 aliphatic rings. The molecule has 0 saturated carbocycles. The monoisotopic (exact) mass is 1030 g/mol. The molecule has 0 bridgehead atoms. The van der Waals surface area contributed by atoms with Crippen molar-refractivity contribution in [2.45, 2.75) is 144 Å². The quantitative estimate of drug-likeness (QED) is 0.156. The fraction of sp³-hybridized carbons (Fsp3) is 0.379. The van der Waals surface area contributed by atoms with Gasteiger partial charge < -0.3 is 14.0 Å². The van der Waals surface area contributed by atoms with Crippen molar-refractivity contribution in [3.63, 3.8) is 0 Å². The number of hydrogen-bond acceptors (Lipinski definition) is 4. The number of aliphatic imine (C=N–C) groups is 1. The first kappa shape index (κ1) is 42.9. The maximum atomic E-state index is 9.67. The van der Waals surface area contributed by atoms with Crippen LogP contribution in [-0.4, -0.2) is 21.0 Å². The summed E-state index contributed by atoms with van der Waals surface area (Å²) in [7, 11) is 0. The molecule has 64 heavy (non-hydrogen) atoms. The van der Waals surface area contributed by atoms with Gasteiger partial charge in [-0.25, -0.2) is 4.98 Å². The molecule has 0 fully saturated rings. The molecule has 0 N–H and O–H groups in total. The summed E-state index contributed by atoms with van der Waals surface area (Å²) in [6.45, 7) is 32.5. The summed E-state index contributed by atoms with van der Waals surface area (Å²) in [6, 6.07) is 37.3. The van der Waals surface area contributed by atoms with Gasteiger partial charge in [-0.1, -0.05) is 142 Å². The van der Waals surface area contributed by atoms with E-state index in [1.165, 1.54) is 16.7 Å². The van der Waals surface area contributed by atoms with Gasteiger partial charge in [0.15, 0.2) is 0 Å². The van der Waals surface area contributed by atoms with E-state index in [1.54, 1.807) is 0 Å². The van der Waals surface area contributed by atoms with Gasteiger partial charge in [0.05, 0.1) is 11.1 Å². The van der Waals surface area contributed by atoms with Gasteiger partial charge in [-0.15, -0.1) is 29.8 Å². The van der Waals surface area contributed by atoms with Crippen molar-refractivity contribution >= 4 is 27.8 Å². The maximum absolute atomic E-state index is 9.67. The number of fused-ring (bicyclic) bond motifs is 6. The Morgan fingerprint density at radius 3 is 2.19 bits per heavy atom. The third-order valence-corrected chi connectivity index (χ3v) is 13.6. The molecule has 0 radical (unpaired) electrons. The zero-order valence-corrected chi connectivity index (χ0v) is 42.5. The van der Waals surface area contributed by atoms with Crippen molar-refractivity contribution in [1.82, 2.24) is 9.55 Å². The first-order chi connectivity index (χ1) is 30.2. The smallest absolute Gasteiger partial charge is 0.508 e. The van der Waals surface area contributed by atoms with E-state index in [1.807, 2.05) is 46.0 Å². The Morgan fingerprint density at radius 2 is 1.50 bits per heavy atom. The molecular weight excluding hydrogens is 966 g/mol. The van der Waals surface area contributed by atoms with Crippen molar-refractivity contribution in [2.24, 2.45) is 4.99 Å². The van der Waals surface area contributed by atoms with Crippen LogP contribution in [0.1, 0.15) is 149 Å². The number of ether oxygens (including phenoxy) is 2. The summed E-state index contributed by atoms with van der Waals surface area (Å²) < 4.78 is 35.7. The molecule has 6 heteroatoms. The first-order valence-electron chi connectivity index (χ1n) is 23.5. The van der Waals surface area contributed by atoms with E-state index in [4.69, 9.17) is 19.5 Å². The van der Waals surface area contributed by atoms with E-state index >= 15 is 0 Å². The Morgan fingerprint density at radius 1 is 0.781 bits per heavy atom. The number of pyridine rings is 1. The van der Waals surface area contributed by atoms with Crippen LogP contribution in [0.3, 0.4) is 0 Å². The fourth-order valence-corrected chi connectivity index (χ4v) is 9.49. The van der Waals surface area contributed by atoms with Crippen LogP contribution in [0, 0.1) is 26.0 Å². The number of nitrogens with zero attached hydrogens (tertiary/aromatic N) is 3. The van der Waals surface area contributed by atoms with Crippen LogP contribution in [0.15, 0.2) is 96.1 Å². The third-order valence-electron chi connectivity index (χ3n) is 13.6. The van der Waals surface area contributed by atoms with Crippen molar-refractivity contribution in [1.29, 1.82) is 0 Å². The van der Waals surface area contributed by atoms with Crippen molar-refractivity contribution < 1.29 is 33.3 Å². The Bertz CT molecular complexity index is 3120. The van der Waals surface area contributed by atoms with Gasteiger partial charge in [-0.05, 0) is 113 Å². The normalized spacial score (nSPS) is 19.8. The van der Waals surface area contributed by atoms with Crippen LogP contribution in [0.5, 0.6) is 11.5 Å². The summed E-state index contributed by atoms with van der Waals surface area (Å²) in [4.78, 5) is 10.2. The number of hydrogen-bond donors (Lipinski definition) is 0. The van der Waals surface area contributed by atoms with Crippen LogP contribution in [0.4, 0.5) is 0 Å². The predicted octanol–water partition coefficient (Wildman–Crippen LogP) is 14.9. The number of aryl methyl sites for hydroxylation is 1. The second kappa shape index (κ2) is 15.6. The number of aromatic nitrogens is 2. The van der Waals surface area contributed by atoms with Gasteiger partial charge in [0.25, 0.3) is 0 Å². The molecule has 1 aliphatic carbocycles. The second-order valence-electron chi connectivity index (χ2n) is 21.7. The predicted molar refractivity (Wildman–Crippen MR) is 261 cm³/mol. The molecule has 5 nitrogen and oxygen atoms in total. The zero-order valence-electron chi connectivity index (χ0n) is 42.2. The van der Waals surface area contributed by atoms with Crippen LogP contribution >= 0.6 is 0 Å². The Hall–Kier alpha value is -4.99. The molecule has 9 rings (SSSR count). The summed E-state index contributed by atoms with van der Waals surface area (Å²) in [6.07, 6.45) is 0.0512. The largest absolute Gasteiger partial charge is 2.00 e. The van der Waals surface area contributed by atoms with Crippen molar-refractivity contribution in [2.75, 3.05) is 0 Å². The van der Waals surface area contributed by atoms with Gasteiger partial charge in [0, 0.05) is 43.1 Å². The van der Waals surface area contributed by atoms with Crippen molar-refractivity contribution in [3.05, 3.63) is 153 Å². The molecule has 7 aromatic rings. The van der Waals surface area contributed by atoms with Crippen LogP contribution < -0.4 is 4.74 Å². The molecule has 2 aromatic heterocycles. The molecule has 3 heterocycles. The molecule has 2 atom stereocenters. The van der Waals surface area contributed by atoms with E-state index < -0.39 is 17.5 Å². The minimum absolute atomic E-state index is 0. The van der Waals surface area contributed by atoms with Gasteiger partial charge >= 0.3 is 21.1 Å². The van der Waals surface area contributed by atoms with Gasteiger partial charge in [0.1, 0.15) is 17.1 Å². The van der Waals surface area contributed by atoms with Crippen LogP contribution in [0.25, 0.3) is 38.8 Å². The SMILES string of the molecule is [2H]C1([2H])c2c(ccc(C)c2C)[C@]2(C)OC(c3[c-]c(Oc4[c-]c(-n5c6ccc(C(C)(C)C)cc6c6cccnc65)cc(C(C)(C)C)c4)cc(-c4c(C(C)C)cccc4C(C)(C)C)c3)=N[C@]12C.[Pt+2]. The standard InChI is InChI=1S/C58H63N3O2.Pt/c1-34(2)44-18-16-20-49(56(11,12)13)51(44)37-26-38(53-60-57(14)33-47-36(4)35(3)21-23-48(47)58(57,15)63-53)28-42(27-37)62-43-30-40(55(8,9)10)29-41(32-43)61-50-24-22-39(54(5,6)7)31-46(50)45-19-17-25-59-52(45)61;/h16-27,29-31,34H,33H2,1-15H3;/q-2;+2/t57-,58+;/m1./s1/i33D2;. The third kappa shape index (κ3) is 7.54. The topological polar surface area (TPSA) is 48.6 Å². The molecule has 332 valence electrons. The van der Waals surface area contributed by atoms with Gasteiger partial charge in [-0.2, -0.15) is 0 Å². The Labute approximate surface area is 398 Å². The molecule has 5 aromatic carbocycles. The fourth-order valence-electron chi connectivity index (χ4n) is 9.49. The van der Waals surface area contributed by atoms with Crippen LogP contribution in [0.2, 0.25) is 0 Å². The van der Waals surface area contributed by atoms with Gasteiger partial charge in [-0.3, -0.25) is 4.99 Å². The van der Waals surface area contributed by atoms with E-state index in [2.05, 4.69) is 166 Å². The molecule has 1 aliphatic heterocycles. The number of rotatable bonds is 6. The second-order valence-corrected chi connectivity index (χ2v) is 21.7. The summed E-state index contributed by atoms with van der Waals surface area (Å²) in [5.74, 6) is 1.59. The summed E-state index contributed by atoms with van der Waals surface area (Å²) in [5, 5.41) is 2.22. The van der Waals surface area contributed by atoms with E-state index in [-0.39, 0.29) is 43.2 Å². The zero-order chi connectivity index (χ0) is 47.0.